The summed E-state index contributed by atoms with van der Waals surface area (Å²) in [6.45, 7) is 6.36. The first kappa shape index (κ1) is 15.2. The highest BCUT2D eigenvalue weighted by atomic mass is 16.6. The second kappa shape index (κ2) is 5.31. The van der Waals surface area contributed by atoms with Gasteiger partial charge in [-0.05, 0) is 30.2 Å². The predicted octanol–water partition coefficient (Wildman–Crippen LogP) is 2.33. The lowest BCUT2D eigenvalue weighted by atomic mass is 10.0. The first-order chi connectivity index (χ1) is 9.77. The fourth-order valence-electron chi connectivity index (χ4n) is 2.80. The van der Waals surface area contributed by atoms with E-state index in [4.69, 9.17) is 5.73 Å². The maximum absolute atomic E-state index is 11.3. The molecule has 2 rings (SSSR count). The molecule has 0 radical (unpaired) electrons. The number of carbonyl (C=O) groups excluding carboxylic acids is 1. The minimum Gasteiger partial charge on any atom is -0.365 e. The van der Waals surface area contributed by atoms with Crippen LogP contribution in [-0.2, 0) is 0 Å². The number of rotatable bonds is 6. The highest BCUT2D eigenvalue weighted by molar-refractivity contribution is 5.98. The van der Waals surface area contributed by atoms with Crippen LogP contribution in [-0.4, -0.2) is 21.9 Å². The maximum atomic E-state index is 11.3. The summed E-state index contributed by atoms with van der Waals surface area (Å²) in [5, 5.41) is 14.4. The number of nitrogens with one attached hydrogen (secondary N) is 1. The van der Waals surface area contributed by atoms with E-state index in [1.54, 1.807) is 0 Å². The normalized spacial score (nSPS) is 20.6. The molecule has 1 aliphatic carbocycles. The van der Waals surface area contributed by atoms with Crippen molar-refractivity contribution in [2.24, 2.45) is 17.1 Å². The van der Waals surface area contributed by atoms with Crippen LogP contribution in [0.5, 0.6) is 0 Å². The Morgan fingerprint density at radius 2 is 2.29 bits per heavy atom. The topological polar surface area (TPSA) is 111 Å². The van der Waals surface area contributed by atoms with Crippen LogP contribution in [0.15, 0.2) is 12.3 Å². The summed E-state index contributed by atoms with van der Waals surface area (Å²) in [6.07, 6.45) is 3.26. The standard InChI is InChI=1S/C14H20N4O3/c1-4-10(9-7-14(9,2)3)17-13-11(18(20)21)8(12(15)19)5-6-16-13/h5-6,9-10H,4,7H2,1-3H3,(H2,15,19)(H,16,17)/t9-,10-/m0/s1. The fourth-order valence-corrected chi connectivity index (χ4v) is 2.80. The van der Waals surface area contributed by atoms with Crippen LogP contribution in [0, 0.1) is 21.4 Å². The summed E-state index contributed by atoms with van der Waals surface area (Å²) >= 11 is 0. The van der Waals surface area contributed by atoms with Crippen LogP contribution < -0.4 is 11.1 Å². The summed E-state index contributed by atoms with van der Waals surface area (Å²) < 4.78 is 0. The molecule has 0 aromatic carbocycles. The van der Waals surface area contributed by atoms with Crippen molar-refractivity contribution in [3.05, 3.63) is 27.9 Å². The van der Waals surface area contributed by atoms with Gasteiger partial charge in [-0.2, -0.15) is 0 Å². The highest BCUT2D eigenvalue weighted by Gasteiger charge is 2.49. The van der Waals surface area contributed by atoms with E-state index in [2.05, 4.69) is 24.1 Å². The fraction of sp³-hybridized carbons (Fsp3) is 0.571. The smallest absolute Gasteiger partial charge is 0.324 e. The zero-order chi connectivity index (χ0) is 15.8. The van der Waals surface area contributed by atoms with Gasteiger partial charge in [0.2, 0.25) is 5.82 Å². The summed E-state index contributed by atoms with van der Waals surface area (Å²) in [7, 11) is 0. The Hall–Kier alpha value is -2.18. The highest BCUT2D eigenvalue weighted by Crippen LogP contribution is 2.54. The van der Waals surface area contributed by atoms with Crippen molar-refractivity contribution in [3.63, 3.8) is 0 Å². The molecule has 2 atom stereocenters. The first-order valence-corrected chi connectivity index (χ1v) is 6.97. The molecular weight excluding hydrogens is 272 g/mol. The lowest BCUT2D eigenvalue weighted by molar-refractivity contribution is -0.384. The van der Waals surface area contributed by atoms with Crippen LogP contribution in [0.2, 0.25) is 0 Å². The Morgan fingerprint density at radius 1 is 1.67 bits per heavy atom. The zero-order valence-corrected chi connectivity index (χ0v) is 12.4. The number of primary amides is 1. The van der Waals surface area contributed by atoms with Crippen molar-refractivity contribution in [2.45, 2.75) is 39.7 Å². The number of aromatic nitrogens is 1. The third-order valence-corrected chi connectivity index (χ3v) is 4.21. The Balaban J connectivity index is 2.33. The molecule has 1 heterocycles. The molecule has 0 aliphatic heterocycles. The molecule has 0 unspecified atom stereocenters. The molecule has 114 valence electrons. The van der Waals surface area contributed by atoms with Crippen LogP contribution >= 0.6 is 0 Å². The van der Waals surface area contributed by atoms with Gasteiger partial charge in [-0.1, -0.05) is 20.8 Å². The number of hydrogen-bond acceptors (Lipinski definition) is 5. The van der Waals surface area contributed by atoms with E-state index in [-0.39, 0.29) is 28.5 Å². The van der Waals surface area contributed by atoms with Gasteiger partial charge in [-0.3, -0.25) is 14.9 Å². The van der Waals surface area contributed by atoms with Crippen molar-refractivity contribution < 1.29 is 9.72 Å². The molecule has 1 fully saturated rings. The number of hydrogen-bond donors (Lipinski definition) is 2. The van der Waals surface area contributed by atoms with Gasteiger partial charge >= 0.3 is 5.69 Å². The van der Waals surface area contributed by atoms with Gasteiger partial charge in [0, 0.05) is 12.2 Å². The molecule has 3 N–H and O–H groups in total. The molecule has 1 amide bonds. The van der Waals surface area contributed by atoms with E-state index in [1.807, 2.05) is 6.92 Å². The van der Waals surface area contributed by atoms with Gasteiger partial charge < -0.3 is 11.1 Å². The van der Waals surface area contributed by atoms with Gasteiger partial charge in [0.05, 0.1) is 4.92 Å². The molecule has 0 saturated heterocycles. The minimum atomic E-state index is -0.827. The Bertz CT molecular complexity index is 586. The summed E-state index contributed by atoms with van der Waals surface area (Å²) in [4.78, 5) is 26.0. The van der Waals surface area contributed by atoms with Crippen molar-refractivity contribution in [1.29, 1.82) is 0 Å². The Kier molecular flexibility index (Phi) is 3.85. The first-order valence-electron chi connectivity index (χ1n) is 6.97. The molecular formula is C14H20N4O3. The van der Waals surface area contributed by atoms with E-state index in [1.165, 1.54) is 12.3 Å². The number of amides is 1. The van der Waals surface area contributed by atoms with Crippen LogP contribution in [0.25, 0.3) is 0 Å². The monoisotopic (exact) mass is 292 g/mol. The Labute approximate surface area is 123 Å². The number of anilines is 1. The van der Waals surface area contributed by atoms with E-state index < -0.39 is 10.8 Å². The summed E-state index contributed by atoms with van der Waals surface area (Å²) in [5.41, 5.74) is 4.97. The average Bonchev–Trinajstić information content (AvgIpc) is 3.03. The molecule has 21 heavy (non-hydrogen) atoms. The second-order valence-corrected chi connectivity index (χ2v) is 6.14. The van der Waals surface area contributed by atoms with Crippen molar-refractivity contribution >= 4 is 17.4 Å². The lowest BCUT2D eigenvalue weighted by Crippen LogP contribution is -2.25. The third-order valence-electron chi connectivity index (χ3n) is 4.21. The van der Waals surface area contributed by atoms with Gasteiger partial charge in [-0.25, -0.2) is 4.98 Å². The minimum absolute atomic E-state index is 0.0920. The van der Waals surface area contributed by atoms with E-state index in [0.717, 1.165) is 12.8 Å². The van der Waals surface area contributed by atoms with Gasteiger partial charge in [0.15, 0.2) is 0 Å². The van der Waals surface area contributed by atoms with Gasteiger partial charge in [-0.15, -0.1) is 0 Å². The predicted molar refractivity (Wildman–Crippen MR) is 79.0 cm³/mol. The van der Waals surface area contributed by atoms with Crippen LogP contribution in [0.1, 0.15) is 44.0 Å². The van der Waals surface area contributed by atoms with Crippen LogP contribution in [0.3, 0.4) is 0 Å². The Morgan fingerprint density at radius 3 is 2.71 bits per heavy atom. The molecule has 1 aliphatic rings. The van der Waals surface area contributed by atoms with Crippen molar-refractivity contribution in [3.8, 4) is 0 Å². The average molecular weight is 292 g/mol. The van der Waals surface area contributed by atoms with Crippen molar-refractivity contribution in [2.75, 3.05) is 5.32 Å². The van der Waals surface area contributed by atoms with Crippen LogP contribution in [0.4, 0.5) is 11.5 Å². The van der Waals surface area contributed by atoms with Gasteiger partial charge in [0.25, 0.3) is 5.91 Å². The van der Waals surface area contributed by atoms with E-state index >= 15 is 0 Å². The second-order valence-electron chi connectivity index (χ2n) is 6.14. The zero-order valence-electron chi connectivity index (χ0n) is 12.4. The molecule has 1 aromatic rings. The summed E-state index contributed by atoms with van der Waals surface area (Å²) in [6, 6.07) is 1.36. The van der Waals surface area contributed by atoms with E-state index in [9.17, 15) is 14.9 Å². The largest absolute Gasteiger partial charge is 0.365 e. The molecule has 7 heteroatoms. The quantitative estimate of drug-likeness (QED) is 0.617. The van der Waals surface area contributed by atoms with Crippen molar-refractivity contribution in [1.82, 2.24) is 4.98 Å². The number of nitrogens with two attached hydrogens (primary N) is 1. The van der Waals surface area contributed by atoms with Gasteiger partial charge in [0.1, 0.15) is 5.56 Å². The third kappa shape index (κ3) is 2.96. The number of pyridine rings is 1. The SMILES string of the molecule is CC[C@H](Nc1nccc(C(N)=O)c1[N+](=O)[O-])[C@@H]1CC1(C)C. The summed E-state index contributed by atoms with van der Waals surface area (Å²) in [5.74, 6) is -0.265. The molecule has 1 aromatic heterocycles. The van der Waals surface area contributed by atoms with E-state index in [0.29, 0.717) is 5.92 Å². The number of nitrogens with zero attached hydrogens (tertiary/aromatic N) is 2. The lowest BCUT2D eigenvalue weighted by Gasteiger charge is -2.19. The maximum Gasteiger partial charge on any atom is 0.324 e. The number of nitro groups is 1. The molecule has 1 saturated carbocycles. The molecule has 7 nitrogen and oxygen atoms in total. The molecule has 0 spiro atoms. The molecule has 0 bridgehead atoms. The number of carbonyl (C=O) groups is 1.